The highest BCUT2D eigenvalue weighted by Crippen LogP contribution is 2.27. The Hall–Kier alpha value is -3.79. The molecule has 0 saturated heterocycles. The highest BCUT2D eigenvalue weighted by molar-refractivity contribution is 7.92. The van der Waals surface area contributed by atoms with Crippen molar-refractivity contribution in [2.45, 2.75) is 69.5 Å². The lowest BCUT2D eigenvalue weighted by Crippen LogP contribution is -2.53. The molecular weight excluding hydrogens is 548 g/mol. The van der Waals surface area contributed by atoms with E-state index in [0.29, 0.717) is 5.56 Å². The number of halogens is 2. The van der Waals surface area contributed by atoms with Crippen molar-refractivity contribution < 1.29 is 26.8 Å². The minimum Gasteiger partial charge on any atom is -0.352 e. The lowest BCUT2D eigenvalue weighted by atomic mass is 9.95. The number of nitrogens with one attached hydrogen (secondary N) is 1. The number of nitrogens with zero attached hydrogens (tertiary/aromatic N) is 2. The van der Waals surface area contributed by atoms with Gasteiger partial charge in [0, 0.05) is 12.6 Å². The third-order valence-electron chi connectivity index (χ3n) is 7.39. The van der Waals surface area contributed by atoms with Crippen LogP contribution in [0.25, 0.3) is 0 Å². The fraction of sp³-hybridized carbons (Fsp3) is 0.355. The van der Waals surface area contributed by atoms with Crippen LogP contribution in [0.3, 0.4) is 0 Å². The lowest BCUT2D eigenvalue weighted by Gasteiger charge is -2.33. The Balaban J connectivity index is 1.68. The van der Waals surface area contributed by atoms with Crippen LogP contribution in [0.1, 0.15) is 50.2 Å². The van der Waals surface area contributed by atoms with Gasteiger partial charge in [-0.3, -0.25) is 13.9 Å². The summed E-state index contributed by atoms with van der Waals surface area (Å²) in [6.45, 7) is 2.55. The smallest absolute Gasteiger partial charge is 0.264 e. The molecule has 0 heterocycles. The van der Waals surface area contributed by atoms with Crippen LogP contribution in [0.5, 0.6) is 0 Å². The molecule has 218 valence electrons. The quantitative estimate of drug-likeness (QED) is 0.349. The second-order valence-corrected chi connectivity index (χ2v) is 12.3. The summed E-state index contributed by atoms with van der Waals surface area (Å²) in [5.41, 5.74) is 1.10. The Bertz CT molecular complexity index is 1460. The van der Waals surface area contributed by atoms with Crippen molar-refractivity contribution in [3.63, 3.8) is 0 Å². The summed E-state index contributed by atoms with van der Waals surface area (Å²) in [4.78, 5) is 28.4. The molecule has 0 unspecified atom stereocenters. The number of carbonyl (C=O) groups excluding carboxylic acids is 2. The highest BCUT2D eigenvalue weighted by Gasteiger charge is 2.34. The van der Waals surface area contributed by atoms with Gasteiger partial charge in [-0.1, -0.05) is 61.2 Å². The molecule has 1 saturated carbocycles. The molecule has 1 atom stereocenters. The number of carbonyl (C=O) groups is 2. The van der Waals surface area contributed by atoms with Crippen LogP contribution in [-0.4, -0.2) is 43.8 Å². The van der Waals surface area contributed by atoms with Crippen LogP contribution < -0.4 is 9.62 Å². The Morgan fingerprint density at radius 2 is 1.56 bits per heavy atom. The summed E-state index contributed by atoms with van der Waals surface area (Å²) in [5, 5.41) is 3.02. The fourth-order valence-corrected chi connectivity index (χ4v) is 6.36. The SMILES string of the molecule is Cc1ccc(S(=O)(=O)N(CC(=O)N(Cc2ccc(F)cc2)[C@@H](C)C(=O)NC2CCCCC2)c2ccccc2F)cc1. The number of para-hydroxylation sites is 1. The highest BCUT2D eigenvalue weighted by atomic mass is 32.2. The van der Waals surface area contributed by atoms with E-state index in [9.17, 15) is 22.4 Å². The first kappa shape index (κ1) is 30.2. The Morgan fingerprint density at radius 1 is 0.927 bits per heavy atom. The molecule has 1 aliphatic carbocycles. The Labute approximate surface area is 240 Å². The van der Waals surface area contributed by atoms with Crippen molar-refractivity contribution in [1.82, 2.24) is 10.2 Å². The first-order chi connectivity index (χ1) is 19.6. The van der Waals surface area contributed by atoms with E-state index < -0.39 is 40.2 Å². The molecule has 41 heavy (non-hydrogen) atoms. The fourth-order valence-electron chi connectivity index (χ4n) is 4.94. The molecule has 3 aromatic rings. The minimum atomic E-state index is -4.37. The van der Waals surface area contributed by atoms with E-state index >= 15 is 4.39 Å². The number of amides is 2. The van der Waals surface area contributed by atoms with E-state index in [0.717, 1.165) is 48.0 Å². The van der Waals surface area contributed by atoms with E-state index in [2.05, 4.69) is 5.32 Å². The average Bonchev–Trinajstić information content (AvgIpc) is 2.96. The number of benzene rings is 3. The first-order valence-corrected chi connectivity index (χ1v) is 15.2. The Morgan fingerprint density at radius 3 is 2.20 bits per heavy atom. The van der Waals surface area contributed by atoms with Crippen molar-refractivity contribution in [2.75, 3.05) is 10.8 Å². The Kier molecular flexibility index (Phi) is 9.75. The van der Waals surface area contributed by atoms with E-state index in [-0.39, 0.29) is 29.1 Å². The van der Waals surface area contributed by atoms with Gasteiger partial charge in [-0.05, 0) is 68.7 Å². The third-order valence-corrected chi connectivity index (χ3v) is 9.17. The van der Waals surface area contributed by atoms with Gasteiger partial charge in [-0.25, -0.2) is 17.2 Å². The van der Waals surface area contributed by atoms with Gasteiger partial charge in [-0.15, -0.1) is 0 Å². The summed E-state index contributed by atoms with van der Waals surface area (Å²) in [6.07, 6.45) is 4.82. The van der Waals surface area contributed by atoms with Gasteiger partial charge >= 0.3 is 0 Å². The maximum absolute atomic E-state index is 15.0. The molecule has 3 aromatic carbocycles. The molecule has 0 bridgehead atoms. The van der Waals surface area contributed by atoms with E-state index in [1.165, 1.54) is 59.5 Å². The molecule has 1 aliphatic rings. The summed E-state index contributed by atoms with van der Waals surface area (Å²) in [6, 6.07) is 15.9. The molecule has 7 nitrogen and oxygen atoms in total. The first-order valence-electron chi connectivity index (χ1n) is 13.7. The minimum absolute atomic E-state index is 0.00157. The number of aryl methyl sites for hydroxylation is 1. The van der Waals surface area contributed by atoms with Gasteiger partial charge in [0.25, 0.3) is 10.0 Å². The number of hydrogen-bond acceptors (Lipinski definition) is 4. The summed E-state index contributed by atoms with van der Waals surface area (Å²) >= 11 is 0. The molecule has 0 aliphatic heterocycles. The molecule has 10 heteroatoms. The van der Waals surface area contributed by atoms with Gasteiger partial charge in [0.2, 0.25) is 11.8 Å². The van der Waals surface area contributed by atoms with Gasteiger partial charge in [0.1, 0.15) is 24.2 Å². The normalized spacial score (nSPS) is 14.7. The summed E-state index contributed by atoms with van der Waals surface area (Å²) in [7, 11) is -4.37. The molecule has 0 spiro atoms. The second kappa shape index (κ2) is 13.2. The number of sulfonamides is 1. The summed E-state index contributed by atoms with van der Waals surface area (Å²) in [5.74, 6) is -2.35. The van der Waals surface area contributed by atoms with E-state index in [1.807, 2.05) is 6.92 Å². The molecule has 0 aromatic heterocycles. The maximum atomic E-state index is 15.0. The van der Waals surface area contributed by atoms with Crippen LogP contribution in [0.4, 0.5) is 14.5 Å². The third kappa shape index (κ3) is 7.49. The van der Waals surface area contributed by atoms with Crippen LogP contribution in [0, 0.1) is 18.6 Å². The van der Waals surface area contributed by atoms with Gasteiger partial charge in [-0.2, -0.15) is 0 Å². The monoisotopic (exact) mass is 583 g/mol. The van der Waals surface area contributed by atoms with Crippen molar-refractivity contribution >= 4 is 27.5 Å². The number of hydrogen-bond donors (Lipinski definition) is 1. The molecule has 1 N–H and O–H groups in total. The van der Waals surface area contributed by atoms with Crippen molar-refractivity contribution in [1.29, 1.82) is 0 Å². The largest absolute Gasteiger partial charge is 0.352 e. The molecule has 4 rings (SSSR count). The molecule has 2 amide bonds. The van der Waals surface area contributed by atoms with Crippen LogP contribution >= 0.6 is 0 Å². The lowest BCUT2D eigenvalue weighted by molar-refractivity contribution is -0.139. The van der Waals surface area contributed by atoms with Gasteiger partial charge in [0.15, 0.2) is 0 Å². The van der Waals surface area contributed by atoms with Crippen LogP contribution in [0.2, 0.25) is 0 Å². The standard InChI is InChI=1S/C31H35F2N3O4S/c1-22-12-18-27(19-13-22)41(39,40)36(29-11-7-6-10-28(29)33)21-30(37)35(20-24-14-16-25(32)17-15-24)23(2)31(38)34-26-8-4-3-5-9-26/h6-7,10-19,23,26H,3-5,8-9,20-21H2,1-2H3,(H,34,38)/t23-/m0/s1. The zero-order valence-electron chi connectivity index (χ0n) is 23.2. The van der Waals surface area contributed by atoms with Crippen LogP contribution in [0.15, 0.2) is 77.7 Å². The van der Waals surface area contributed by atoms with Gasteiger partial charge < -0.3 is 10.2 Å². The van der Waals surface area contributed by atoms with Crippen molar-refractivity contribution in [3.8, 4) is 0 Å². The zero-order valence-corrected chi connectivity index (χ0v) is 24.0. The predicted octanol–water partition coefficient (Wildman–Crippen LogP) is 5.33. The molecule has 0 radical (unpaired) electrons. The zero-order chi connectivity index (χ0) is 29.6. The van der Waals surface area contributed by atoms with Crippen LogP contribution in [-0.2, 0) is 26.2 Å². The van der Waals surface area contributed by atoms with Crippen molar-refractivity contribution in [3.05, 3.63) is 95.6 Å². The topological polar surface area (TPSA) is 86.8 Å². The number of rotatable bonds is 10. The second-order valence-electron chi connectivity index (χ2n) is 10.4. The maximum Gasteiger partial charge on any atom is 0.264 e. The molecule has 1 fully saturated rings. The predicted molar refractivity (Wildman–Crippen MR) is 154 cm³/mol. The molecular formula is C31H35F2N3O4S. The number of anilines is 1. The van der Waals surface area contributed by atoms with Crippen molar-refractivity contribution in [2.24, 2.45) is 0 Å². The summed E-state index contributed by atoms with van der Waals surface area (Å²) < 4.78 is 56.9. The van der Waals surface area contributed by atoms with E-state index in [4.69, 9.17) is 0 Å². The average molecular weight is 584 g/mol. The van der Waals surface area contributed by atoms with Gasteiger partial charge in [0.05, 0.1) is 10.6 Å². The van der Waals surface area contributed by atoms with E-state index in [1.54, 1.807) is 19.1 Å².